The highest BCUT2D eigenvalue weighted by Crippen LogP contribution is 2.40. The topological polar surface area (TPSA) is 62.9 Å². The first-order chi connectivity index (χ1) is 13.1. The van der Waals surface area contributed by atoms with Crippen molar-refractivity contribution in [3.05, 3.63) is 63.0 Å². The summed E-state index contributed by atoms with van der Waals surface area (Å²) in [7, 11) is 3.33. The predicted octanol–water partition coefficient (Wildman–Crippen LogP) is 5.02. The summed E-state index contributed by atoms with van der Waals surface area (Å²) in [5.74, 6) is -2.84. The Morgan fingerprint density at radius 1 is 1.14 bits per heavy atom. The SMILES string of the molecule is CN(C)Cc1c(O)ccc2c(=O)c(Oc3ccc(Cl)cc3)c(C(F)(F)F)oc12. The van der Waals surface area contributed by atoms with E-state index in [2.05, 4.69) is 0 Å². The van der Waals surface area contributed by atoms with Gasteiger partial charge in [-0.15, -0.1) is 0 Å². The highest BCUT2D eigenvalue weighted by molar-refractivity contribution is 6.30. The van der Waals surface area contributed by atoms with Crippen LogP contribution >= 0.6 is 11.6 Å². The average Bonchev–Trinajstić information content (AvgIpc) is 2.60. The fourth-order valence-corrected chi connectivity index (χ4v) is 2.78. The molecule has 0 aliphatic heterocycles. The van der Waals surface area contributed by atoms with Gasteiger partial charge in [-0.2, -0.15) is 13.2 Å². The third-order valence-electron chi connectivity index (χ3n) is 3.86. The molecule has 1 heterocycles. The summed E-state index contributed by atoms with van der Waals surface area (Å²) < 4.78 is 51.1. The molecule has 0 saturated heterocycles. The molecule has 5 nitrogen and oxygen atoms in total. The molecule has 0 spiro atoms. The quantitative estimate of drug-likeness (QED) is 0.650. The standard InChI is InChI=1S/C19H15ClF3NO4/c1-24(2)9-13-14(25)8-7-12-15(26)17(18(19(21,22)23)28-16(12)13)27-11-5-3-10(20)4-6-11/h3-8,25H,9H2,1-2H3. The van der Waals surface area contributed by atoms with Crippen molar-refractivity contribution in [3.8, 4) is 17.2 Å². The second-order valence-electron chi connectivity index (χ2n) is 6.32. The van der Waals surface area contributed by atoms with Gasteiger partial charge in [0.15, 0.2) is 0 Å². The lowest BCUT2D eigenvalue weighted by molar-refractivity contribution is -0.154. The molecule has 0 saturated carbocycles. The minimum Gasteiger partial charge on any atom is -0.507 e. The van der Waals surface area contributed by atoms with E-state index < -0.39 is 23.1 Å². The molecule has 0 aliphatic rings. The number of hydrogen-bond donors (Lipinski definition) is 1. The highest BCUT2D eigenvalue weighted by Gasteiger charge is 2.41. The van der Waals surface area contributed by atoms with Crippen LogP contribution in [0.3, 0.4) is 0 Å². The van der Waals surface area contributed by atoms with Crippen LogP contribution in [0.4, 0.5) is 13.2 Å². The number of benzene rings is 2. The van der Waals surface area contributed by atoms with Gasteiger partial charge in [-0.1, -0.05) is 11.6 Å². The summed E-state index contributed by atoms with van der Waals surface area (Å²) in [6.45, 7) is 0.0702. The number of ether oxygens (including phenoxy) is 1. The van der Waals surface area contributed by atoms with Crippen molar-refractivity contribution < 1.29 is 27.4 Å². The second-order valence-corrected chi connectivity index (χ2v) is 6.76. The predicted molar refractivity (Wildman–Crippen MR) is 98.1 cm³/mol. The molecule has 0 radical (unpaired) electrons. The number of halogens is 4. The lowest BCUT2D eigenvalue weighted by atomic mass is 10.1. The molecule has 148 valence electrons. The van der Waals surface area contributed by atoms with Crippen molar-refractivity contribution in [1.82, 2.24) is 4.90 Å². The summed E-state index contributed by atoms with van der Waals surface area (Å²) in [6, 6.07) is 7.93. The van der Waals surface area contributed by atoms with Crippen LogP contribution in [0.1, 0.15) is 11.3 Å². The molecule has 9 heteroatoms. The van der Waals surface area contributed by atoms with Gasteiger partial charge in [-0.3, -0.25) is 4.79 Å². The number of phenols is 1. The monoisotopic (exact) mass is 413 g/mol. The van der Waals surface area contributed by atoms with E-state index in [0.717, 1.165) is 0 Å². The molecule has 3 rings (SSSR count). The summed E-state index contributed by atoms with van der Waals surface area (Å²) in [5, 5.41) is 10.3. The van der Waals surface area contributed by atoms with E-state index in [1.54, 1.807) is 19.0 Å². The zero-order valence-electron chi connectivity index (χ0n) is 14.8. The molecule has 0 bridgehead atoms. The first-order valence-corrected chi connectivity index (χ1v) is 8.42. The van der Waals surface area contributed by atoms with Crippen molar-refractivity contribution in [1.29, 1.82) is 0 Å². The summed E-state index contributed by atoms with van der Waals surface area (Å²) in [5.41, 5.74) is -1.26. The number of fused-ring (bicyclic) bond motifs is 1. The van der Waals surface area contributed by atoms with Gasteiger partial charge >= 0.3 is 6.18 Å². The number of rotatable bonds is 4. The largest absolute Gasteiger partial charge is 0.507 e. The number of hydrogen-bond acceptors (Lipinski definition) is 5. The lowest BCUT2D eigenvalue weighted by Gasteiger charge is -2.16. The van der Waals surface area contributed by atoms with Crippen molar-refractivity contribution in [2.75, 3.05) is 14.1 Å². The van der Waals surface area contributed by atoms with E-state index >= 15 is 0 Å². The van der Waals surface area contributed by atoms with Crippen LogP contribution in [0.2, 0.25) is 5.02 Å². The van der Waals surface area contributed by atoms with Gasteiger partial charge in [0.25, 0.3) is 5.76 Å². The minimum absolute atomic E-state index is 0.00570. The summed E-state index contributed by atoms with van der Waals surface area (Å²) in [6.07, 6.45) is -4.99. The normalized spacial score (nSPS) is 12.0. The molecule has 0 atom stereocenters. The molecule has 0 aliphatic carbocycles. The average molecular weight is 414 g/mol. The maximum atomic E-state index is 13.6. The molecule has 2 aromatic carbocycles. The maximum absolute atomic E-state index is 13.6. The van der Waals surface area contributed by atoms with Gasteiger partial charge < -0.3 is 19.2 Å². The van der Waals surface area contributed by atoms with Crippen LogP contribution in [-0.2, 0) is 12.7 Å². The Morgan fingerprint density at radius 2 is 1.79 bits per heavy atom. The number of nitrogens with zero attached hydrogens (tertiary/aromatic N) is 1. The lowest BCUT2D eigenvalue weighted by Crippen LogP contribution is -2.17. The third-order valence-corrected chi connectivity index (χ3v) is 4.11. The maximum Gasteiger partial charge on any atom is 0.453 e. The van der Waals surface area contributed by atoms with Gasteiger partial charge in [-0.05, 0) is 50.5 Å². The molecule has 1 N–H and O–H groups in total. The zero-order valence-corrected chi connectivity index (χ0v) is 15.6. The van der Waals surface area contributed by atoms with Crippen LogP contribution in [0, 0.1) is 0 Å². The van der Waals surface area contributed by atoms with Crippen LogP contribution in [0.15, 0.2) is 45.6 Å². The Bertz CT molecular complexity index is 1080. The van der Waals surface area contributed by atoms with E-state index in [-0.39, 0.29) is 34.6 Å². The van der Waals surface area contributed by atoms with Crippen LogP contribution < -0.4 is 10.2 Å². The fourth-order valence-electron chi connectivity index (χ4n) is 2.66. The number of alkyl halides is 3. The first-order valence-electron chi connectivity index (χ1n) is 8.05. The summed E-state index contributed by atoms with van der Waals surface area (Å²) >= 11 is 5.76. The smallest absolute Gasteiger partial charge is 0.453 e. The van der Waals surface area contributed by atoms with Crippen LogP contribution in [0.5, 0.6) is 17.2 Å². The second kappa shape index (κ2) is 7.37. The Labute approximate surface area is 162 Å². The molecule has 3 aromatic rings. The fraction of sp³-hybridized carbons (Fsp3) is 0.211. The van der Waals surface area contributed by atoms with Crippen molar-refractivity contribution in [2.24, 2.45) is 0 Å². The number of phenolic OH excluding ortho intramolecular Hbond substituents is 1. The molecule has 0 fully saturated rings. The van der Waals surface area contributed by atoms with Crippen LogP contribution in [-0.4, -0.2) is 24.1 Å². The zero-order chi connectivity index (χ0) is 20.6. The Kier molecular flexibility index (Phi) is 5.27. The van der Waals surface area contributed by atoms with E-state index in [1.165, 1.54) is 36.4 Å². The molecule has 1 aromatic heterocycles. The van der Waals surface area contributed by atoms with Gasteiger partial charge in [-0.25, -0.2) is 0 Å². The Morgan fingerprint density at radius 3 is 2.36 bits per heavy atom. The van der Waals surface area contributed by atoms with Crippen LogP contribution in [0.25, 0.3) is 11.0 Å². The van der Waals surface area contributed by atoms with Gasteiger partial charge in [0.1, 0.15) is 17.1 Å². The van der Waals surface area contributed by atoms with Crippen molar-refractivity contribution >= 4 is 22.6 Å². The van der Waals surface area contributed by atoms with E-state index in [0.29, 0.717) is 5.02 Å². The molecular weight excluding hydrogens is 399 g/mol. The molecule has 0 amide bonds. The molecule has 28 heavy (non-hydrogen) atoms. The molecule has 0 unspecified atom stereocenters. The molecular formula is C19H15ClF3NO4. The summed E-state index contributed by atoms with van der Waals surface area (Å²) in [4.78, 5) is 14.4. The Hall–Kier alpha value is -2.71. The Balaban J connectivity index is 2.28. The van der Waals surface area contributed by atoms with Gasteiger partial charge in [0, 0.05) is 11.6 Å². The van der Waals surface area contributed by atoms with E-state index in [4.69, 9.17) is 20.8 Å². The highest BCUT2D eigenvalue weighted by atomic mass is 35.5. The van der Waals surface area contributed by atoms with Gasteiger partial charge in [0.05, 0.1) is 10.9 Å². The first kappa shape index (κ1) is 20.0. The number of aromatic hydroxyl groups is 1. The van der Waals surface area contributed by atoms with E-state index in [9.17, 15) is 23.1 Å². The van der Waals surface area contributed by atoms with Crippen molar-refractivity contribution in [2.45, 2.75) is 12.7 Å². The van der Waals surface area contributed by atoms with Gasteiger partial charge in [0.2, 0.25) is 11.2 Å². The van der Waals surface area contributed by atoms with E-state index in [1.807, 2.05) is 0 Å². The third kappa shape index (κ3) is 3.93. The minimum atomic E-state index is -4.99. The van der Waals surface area contributed by atoms with Crippen molar-refractivity contribution in [3.63, 3.8) is 0 Å².